The van der Waals surface area contributed by atoms with E-state index in [9.17, 15) is 8.78 Å². The molecule has 2 unspecified atom stereocenters. The number of hydrogen-bond acceptors (Lipinski definition) is 1. The summed E-state index contributed by atoms with van der Waals surface area (Å²) in [6.45, 7) is 0.922. The van der Waals surface area contributed by atoms with Crippen molar-refractivity contribution >= 4 is 5.57 Å². The van der Waals surface area contributed by atoms with Crippen LogP contribution in [0, 0.1) is 11.6 Å². The molecule has 0 N–H and O–H groups in total. The zero-order valence-electron chi connectivity index (χ0n) is 13.6. The van der Waals surface area contributed by atoms with E-state index in [1.54, 1.807) is 0 Å². The van der Waals surface area contributed by atoms with Crippen molar-refractivity contribution in [2.45, 2.75) is 44.3 Å². The second-order valence-corrected chi connectivity index (χ2v) is 6.83. The highest BCUT2D eigenvalue weighted by atomic mass is 19.1. The number of piperidine rings is 1. The Morgan fingerprint density at radius 2 is 1.83 bits per heavy atom. The zero-order chi connectivity index (χ0) is 16.5. The van der Waals surface area contributed by atoms with E-state index in [1.165, 1.54) is 30.2 Å². The summed E-state index contributed by atoms with van der Waals surface area (Å²) in [6, 6.07) is 15.0. The lowest BCUT2D eigenvalue weighted by Gasteiger charge is -2.45. The van der Waals surface area contributed by atoms with E-state index in [4.69, 9.17) is 0 Å². The lowest BCUT2D eigenvalue weighted by atomic mass is 9.82. The summed E-state index contributed by atoms with van der Waals surface area (Å²) in [7, 11) is 0. The van der Waals surface area contributed by atoms with Gasteiger partial charge in [0, 0.05) is 24.2 Å². The first-order chi connectivity index (χ1) is 11.7. The molecule has 0 amide bonds. The smallest absolute Gasteiger partial charge is 0.130 e. The van der Waals surface area contributed by atoms with Crippen LogP contribution in [0.15, 0.2) is 54.6 Å². The molecule has 124 valence electrons. The molecule has 4 rings (SSSR count). The number of benzene rings is 2. The molecule has 0 aromatic heterocycles. The van der Waals surface area contributed by atoms with E-state index in [1.807, 2.05) is 6.07 Å². The summed E-state index contributed by atoms with van der Waals surface area (Å²) in [5.41, 5.74) is 2.71. The third-order valence-corrected chi connectivity index (χ3v) is 5.26. The molecule has 2 atom stereocenters. The van der Waals surface area contributed by atoms with Crippen molar-refractivity contribution in [2.75, 3.05) is 0 Å². The summed E-state index contributed by atoms with van der Waals surface area (Å²) in [6.07, 6.45) is 6.37. The Balaban J connectivity index is 1.63. The fourth-order valence-corrected chi connectivity index (χ4v) is 4.10. The van der Waals surface area contributed by atoms with Gasteiger partial charge in [-0.15, -0.1) is 0 Å². The van der Waals surface area contributed by atoms with Gasteiger partial charge in [0.1, 0.15) is 11.6 Å². The Labute approximate surface area is 141 Å². The van der Waals surface area contributed by atoms with Gasteiger partial charge in [0.15, 0.2) is 0 Å². The molecule has 24 heavy (non-hydrogen) atoms. The fourth-order valence-electron chi connectivity index (χ4n) is 4.10. The maximum atomic E-state index is 14.2. The van der Waals surface area contributed by atoms with E-state index in [0.717, 1.165) is 31.4 Å². The molecule has 1 saturated heterocycles. The van der Waals surface area contributed by atoms with Crippen LogP contribution in [0.3, 0.4) is 0 Å². The quantitative estimate of drug-likeness (QED) is 0.752. The van der Waals surface area contributed by atoms with Crippen molar-refractivity contribution in [1.29, 1.82) is 0 Å². The monoisotopic (exact) mass is 325 g/mol. The molecular weight excluding hydrogens is 304 g/mol. The van der Waals surface area contributed by atoms with E-state index in [-0.39, 0.29) is 11.6 Å². The molecule has 1 fully saturated rings. The lowest BCUT2D eigenvalue weighted by Crippen LogP contribution is -2.47. The topological polar surface area (TPSA) is 3.24 Å². The Bertz CT molecular complexity index is 754. The summed E-state index contributed by atoms with van der Waals surface area (Å²) in [4.78, 5) is 2.53. The molecule has 2 heterocycles. The summed E-state index contributed by atoms with van der Waals surface area (Å²) in [5.74, 6) is -0.693. The van der Waals surface area contributed by atoms with Crippen LogP contribution in [0.4, 0.5) is 8.78 Å². The molecule has 2 bridgehead atoms. The minimum Gasteiger partial charge on any atom is -0.289 e. The molecule has 1 nitrogen and oxygen atoms in total. The first-order valence-corrected chi connectivity index (χ1v) is 8.66. The van der Waals surface area contributed by atoms with Crippen LogP contribution >= 0.6 is 0 Å². The van der Waals surface area contributed by atoms with Gasteiger partial charge in [-0.1, -0.05) is 42.8 Å². The van der Waals surface area contributed by atoms with Crippen molar-refractivity contribution < 1.29 is 8.78 Å². The fraction of sp³-hybridized carbons (Fsp3) is 0.333. The first-order valence-electron chi connectivity index (χ1n) is 8.66. The number of halogens is 2. The van der Waals surface area contributed by atoms with E-state index < -0.39 is 0 Å². The highest BCUT2D eigenvalue weighted by molar-refractivity contribution is 5.68. The summed E-state index contributed by atoms with van der Waals surface area (Å²) < 4.78 is 27.7. The standard InChI is InChI=1S/C21H21F2N/c22-17-9-10-21(23)20(13-17)16-11-18-7-4-8-19(12-16)24(18)14-15-5-2-1-3-6-15/h1-3,5-6,9-11,13,18-19H,4,7-8,12,14H2. The van der Waals surface area contributed by atoms with Crippen molar-refractivity contribution in [2.24, 2.45) is 0 Å². The van der Waals surface area contributed by atoms with Crippen LogP contribution in [-0.2, 0) is 6.54 Å². The molecule has 0 saturated carbocycles. The molecule has 2 aliphatic rings. The van der Waals surface area contributed by atoms with Crippen LogP contribution in [0.25, 0.3) is 5.57 Å². The number of nitrogens with zero attached hydrogens (tertiary/aromatic N) is 1. The predicted octanol–water partition coefficient (Wildman–Crippen LogP) is 5.18. The van der Waals surface area contributed by atoms with Gasteiger partial charge in [-0.05, 0) is 48.6 Å². The zero-order valence-corrected chi connectivity index (χ0v) is 13.6. The number of hydrogen-bond donors (Lipinski definition) is 0. The third kappa shape index (κ3) is 3.01. The number of fused-ring (bicyclic) bond motifs is 2. The summed E-state index contributed by atoms with van der Waals surface area (Å²) in [5, 5.41) is 0. The van der Waals surface area contributed by atoms with Crippen molar-refractivity contribution in [3.63, 3.8) is 0 Å². The van der Waals surface area contributed by atoms with Gasteiger partial charge in [-0.2, -0.15) is 0 Å². The average molecular weight is 325 g/mol. The number of rotatable bonds is 3. The van der Waals surface area contributed by atoms with Crippen LogP contribution in [-0.4, -0.2) is 17.0 Å². The predicted molar refractivity (Wildman–Crippen MR) is 92.4 cm³/mol. The molecule has 3 heteroatoms. The van der Waals surface area contributed by atoms with Crippen molar-refractivity contribution in [3.8, 4) is 0 Å². The average Bonchev–Trinajstić information content (AvgIpc) is 2.58. The second-order valence-electron chi connectivity index (χ2n) is 6.83. The Morgan fingerprint density at radius 1 is 1.00 bits per heavy atom. The first kappa shape index (κ1) is 15.5. The van der Waals surface area contributed by atoms with Gasteiger partial charge in [-0.3, -0.25) is 4.90 Å². The van der Waals surface area contributed by atoms with Crippen LogP contribution in [0.1, 0.15) is 36.8 Å². The normalized spacial score (nSPS) is 23.8. The molecule has 0 aliphatic carbocycles. The highest BCUT2D eigenvalue weighted by Crippen LogP contribution is 2.38. The van der Waals surface area contributed by atoms with Gasteiger partial charge in [-0.25, -0.2) is 8.78 Å². The van der Waals surface area contributed by atoms with E-state index >= 15 is 0 Å². The maximum absolute atomic E-state index is 14.2. The van der Waals surface area contributed by atoms with E-state index in [0.29, 0.717) is 17.6 Å². The van der Waals surface area contributed by atoms with Crippen LogP contribution in [0.5, 0.6) is 0 Å². The maximum Gasteiger partial charge on any atom is 0.130 e. The molecule has 2 aliphatic heterocycles. The second kappa shape index (κ2) is 6.48. The van der Waals surface area contributed by atoms with Crippen LogP contribution in [0.2, 0.25) is 0 Å². The Hall–Kier alpha value is -2.00. The molecule has 0 radical (unpaired) electrons. The van der Waals surface area contributed by atoms with Crippen molar-refractivity contribution in [3.05, 3.63) is 77.4 Å². The summed E-state index contributed by atoms with van der Waals surface area (Å²) >= 11 is 0. The van der Waals surface area contributed by atoms with Crippen LogP contribution < -0.4 is 0 Å². The van der Waals surface area contributed by atoms with Gasteiger partial charge < -0.3 is 0 Å². The Kier molecular flexibility index (Phi) is 4.19. The van der Waals surface area contributed by atoms with E-state index in [2.05, 4.69) is 35.2 Å². The minimum absolute atomic E-state index is 0.315. The van der Waals surface area contributed by atoms with Crippen molar-refractivity contribution in [1.82, 2.24) is 4.90 Å². The van der Waals surface area contributed by atoms with Gasteiger partial charge in [0.25, 0.3) is 0 Å². The van der Waals surface area contributed by atoms with Gasteiger partial charge in [0.05, 0.1) is 0 Å². The molecular formula is C21H21F2N. The largest absolute Gasteiger partial charge is 0.289 e. The highest BCUT2D eigenvalue weighted by Gasteiger charge is 2.34. The minimum atomic E-state index is -0.371. The molecule has 0 spiro atoms. The van der Waals surface area contributed by atoms with Gasteiger partial charge in [0.2, 0.25) is 0 Å². The Morgan fingerprint density at radius 3 is 2.62 bits per heavy atom. The third-order valence-electron chi connectivity index (χ3n) is 5.26. The SMILES string of the molecule is Fc1ccc(F)c(C2=CC3CCCC(C2)N3Cc2ccccc2)c1. The van der Waals surface area contributed by atoms with Gasteiger partial charge >= 0.3 is 0 Å². The molecule has 2 aromatic rings. The lowest BCUT2D eigenvalue weighted by molar-refractivity contribution is 0.0950. The molecule has 2 aromatic carbocycles.